The quantitative estimate of drug-likeness (QED) is 0.585. The molecule has 0 atom stereocenters. The number of hydrogen-bond acceptors (Lipinski definition) is 0. The van der Waals surface area contributed by atoms with Gasteiger partial charge in [0.15, 0.2) is 0 Å². The molecule has 0 bridgehead atoms. The smallest absolute Gasteiger partial charge is 0.0256 e. The van der Waals surface area contributed by atoms with Crippen LogP contribution in [0.15, 0.2) is 10.1 Å². The van der Waals surface area contributed by atoms with E-state index in [1.165, 1.54) is 16.5 Å². The first kappa shape index (κ1) is 4.85. The molecule has 0 aromatic heterocycles. The molecule has 6 heavy (non-hydrogen) atoms. The molecule has 0 amide bonds. The van der Waals surface area contributed by atoms with E-state index in [4.69, 9.17) is 0 Å². The summed E-state index contributed by atoms with van der Waals surface area (Å²) in [4.78, 5) is 0. The highest BCUT2D eigenvalue weighted by molar-refractivity contribution is 9.12. The van der Waals surface area contributed by atoms with Gasteiger partial charge in [-0.15, -0.1) is 0 Å². The highest BCUT2D eigenvalue weighted by atomic mass is 79.9. The van der Waals surface area contributed by atoms with Crippen LogP contribution in [0.5, 0.6) is 0 Å². The Balaban J connectivity index is 2.38. The minimum absolute atomic E-state index is 1.05. The number of hydrogen-bond donors (Lipinski definition) is 0. The van der Waals surface area contributed by atoms with Crippen LogP contribution in [-0.4, -0.2) is 5.33 Å². The zero-order valence-corrected chi connectivity index (χ0v) is 6.34. The fourth-order valence-corrected chi connectivity index (χ4v) is 1.65. The lowest BCUT2D eigenvalue weighted by molar-refractivity contribution is 1.51. The first-order chi connectivity index (χ1) is 2.84. The molecular formula is C4H4Br2. The van der Waals surface area contributed by atoms with Gasteiger partial charge in [0.25, 0.3) is 0 Å². The highest BCUT2D eigenvalue weighted by Crippen LogP contribution is 2.36. The molecule has 1 rings (SSSR count). The summed E-state index contributed by atoms with van der Waals surface area (Å²) in [5, 5.41) is 1.05. The molecule has 0 spiro atoms. The van der Waals surface area contributed by atoms with Gasteiger partial charge in [-0.1, -0.05) is 31.9 Å². The first-order valence-electron chi connectivity index (χ1n) is 1.77. The van der Waals surface area contributed by atoms with Crippen molar-refractivity contribution in [2.75, 3.05) is 5.33 Å². The predicted molar refractivity (Wildman–Crippen MR) is 34.4 cm³/mol. The second-order valence-electron chi connectivity index (χ2n) is 1.32. The summed E-state index contributed by atoms with van der Waals surface area (Å²) < 4.78 is 1.39. The van der Waals surface area contributed by atoms with Gasteiger partial charge < -0.3 is 0 Å². The van der Waals surface area contributed by atoms with Crippen molar-refractivity contribution < 1.29 is 0 Å². The molecule has 2 heteroatoms. The van der Waals surface area contributed by atoms with Crippen molar-refractivity contribution in [1.29, 1.82) is 0 Å². The second kappa shape index (κ2) is 1.66. The van der Waals surface area contributed by atoms with Gasteiger partial charge in [-0.2, -0.15) is 0 Å². The fraction of sp³-hybridized carbons (Fsp3) is 0.500. The van der Waals surface area contributed by atoms with Crippen molar-refractivity contribution in [3.63, 3.8) is 0 Å². The molecule has 0 N–H and O–H groups in total. The Kier molecular flexibility index (Phi) is 1.34. The third kappa shape index (κ3) is 0.850. The lowest BCUT2D eigenvalue weighted by Gasteiger charge is -1.65. The van der Waals surface area contributed by atoms with Crippen LogP contribution in [0.25, 0.3) is 0 Å². The molecule has 1 aliphatic carbocycles. The number of halogens is 2. The Morgan fingerprint density at radius 1 is 1.67 bits per heavy atom. The number of allylic oxidation sites excluding steroid dienone is 2. The van der Waals surface area contributed by atoms with Gasteiger partial charge in [-0.3, -0.25) is 0 Å². The third-order valence-electron chi connectivity index (χ3n) is 0.789. The normalized spacial score (nSPS) is 19.0. The van der Waals surface area contributed by atoms with Crippen molar-refractivity contribution in [3.8, 4) is 0 Å². The van der Waals surface area contributed by atoms with E-state index >= 15 is 0 Å². The third-order valence-corrected chi connectivity index (χ3v) is 2.31. The summed E-state index contributed by atoms with van der Waals surface area (Å²) in [6, 6.07) is 0. The van der Waals surface area contributed by atoms with Crippen LogP contribution in [-0.2, 0) is 0 Å². The number of rotatable bonds is 1. The Labute approximate surface area is 53.9 Å². The maximum absolute atomic E-state index is 3.36. The molecule has 0 fully saturated rings. The van der Waals surface area contributed by atoms with E-state index in [2.05, 4.69) is 31.9 Å². The SMILES string of the molecule is BrCC1=C(Br)C1. The van der Waals surface area contributed by atoms with Gasteiger partial charge in [0, 0.05) is 11.8 Å². The average molecular weight is 212 g/mol. The fourth-order valence-electron chi connectivity index (χ4n) is 0.263. The zero-order valence-electron chi connectivity index (χ0n) is 3.17. The van der Waals surface area contributed by atoms with Crippen LogP contribution >= 0.6 is 31.9 Å². The maximum Gasteiger partial charge on any atom is 0.0256 e. The van der Waals surface area contributed by atoms with Gasteiger partial charge in [-0.05, 0) is 10.1 Å². The molecule has 0 unspecified atom stereocenters. The molecule has 0 saturated carbocycles. The molecule has 0 aromatic rings. The average Bonchev–Trinajstić information content (AvgIpc) is 2.19. The molecule has 0 aromatic carbocycles. The summed E-state index contributed by atoms with van der Waals surface area (Å²) in [5.41, 5.74) is 1.51. The van der Waals surface area contributed by atoms with Crippen molar-refractivity contribution >= 4 is 31.9 Å². The molecule has 0 saturated heterocycles. The summed E-state index contributed by atoms with van der Waals surface area (Å²) in [6.07, 6.45) is 1.20. The van der Waals surface area contributed by atoms with Gasteiger partial charge in [-0.25, -0.2) is 0 Å². The van der Waals surface area contributed by atoms with Crippen LogP contribution in [0, 0.1) is 0 Å². The van der Waals surface area contributed by atoms with Crippen molar-refractivity contribution in [1.82, 2.24) is 0 Å². The molecular weight excluding hydrogens is 208 g/mol. The minimum atomic E-state index is 1.05. The summed E-state index contributed by atoms with van der Waals surface area (Å²) in [7, 11) is 0. The van der Waals surface area contributed by atoms with E-state index in [9.17, 15) is 0 Å². The van der Waals surface area contributed by atoms with Crippen molar-refractivity contribution in [2.24, 2.45) is 0 Å². The monoisotopic (exact) mass is 210 g/mol. The Hall–Kier alpha value is 0.700. The van der Waals surface area contributed by atoms with Gasteiger partial charge in [0.05, 0.1) is 0 Å². The number of alkyl halides is 1. The zero-order chi connectivity index (χ0) is 4.57. The van der Waals surface area contributed by atoms with E-state index < -0.39 is 0 Å². The Morgan fingerprint density at radius 2 is 2.17 bits per heavy atom. The van der Waals surface area contributed by atoms with E-state index in [1.54, 1.807) is 0 Å². The molecule has 0 radical (unpaired) electrons. The standard InChI is InChI=1S/C4H4Br2/c5-2-3-1-4(3)6/h1-2H2. The van der Waals surface area contributed by atoms with Crippen LogP contribution in [0.3, 0.4) is 0 Å². The van der Waals surface area contributed by atoms with E-state index in [0.717, 1.165) is 5.33 Å². The first-order valence-corrected chi connectivity index (χ1v) is 3.68. The highest BCUT2D eigenvalue weighted by Gasteiger charge is 2.15. The molecule has 1 aliphatic rings. The van der Waals surface area contributed by atoms with E-state index in [0.29, 0.717) is 0 Å². The predicted octanol–water partition coefficient (Wildman–Crippen LogP) is 2.43. The van der Waals surface area contributed by atoms with Gasteiger partial charge in [0.1, 0.15) is 0 Å². The molecule has 0 aliphatic heterocycles. The lowest BCUT2D eigenvalue weighted by atomic mass is 10.6. The van der Waals surface area contributed by atoms with Crippen LogP contribution in [0.2, 0.25) is 0 Å². The summed E-state index contributed by atoms with van der Waals surface area (Å²) in [5.74, 6) is 0. The van der Waals surface area contributed by atoms with E-state index in [1.807, 2.05) is 0 Å². The minimum Gasteiger partial charge on any atom is -0.0879 e. The second-order valence-corrected chi connectivity index (χ2v) is 2.84. The largest absolute Gasteiger partial charge is 0.0879 e. The van der Waals surface area contributed by atoms with E-state index in [-0.39, 0.29) is 0 Å². The van der Waals surface area contributed by atoms with Crippen molar-refractivity contribution in [3.05, 3.63) is 10.1 Å². The van der Waals surface area contributed by atoms with Gasteiger partial charge in [0.2, 0.25) is 0 Å². The molecule has 34 valence electrons. The van der Waals surface area contributed by atoms with Crippen LogP contribution in [0.1, 0.15) is 6.42 Å². The van der Waals surface area contributed by atoms with Crippen molar-refractivity contribution in [2.45, 2.75) is 6.42 Å². The summed E-state index contributed by atoms with van der Waals surface area (Å²) >= 11 is 6.69. The maximum atomic E-state index is 3.36. The molecule has 0 heterocycles. The molecule has 0 nitrogen and oxygen atoms in total. The Morgan fingerprint density at radius 3 is 2.17 bits per heavy atom. The Bertz CT molecular complexity index is 93.7. The lowest BCUT2D eigenvalue weighted by Crippen LogP contribution is -1.54. The van der Waals surface area contributed by atoms with Crippen LogP contribution in [0.4, 0.5) is 0 Å². The van der Waals surface area contributed by atoms with Gasteiger partial charge >= 0.3 is 0 Å². The topological polar surface area (TPSA) is 0 Å². The van der Waals surface area contributed by atoms with Crippen LogP contribution < -0.4 is 0 Å². The summed E-state index contributed by atoms with van der Waals surface area (Å²) in [6.45, 7) is 0.